The number of carbonyl (C=O) groups is 1. The molecule has 1 aromatic carbocycles. The molecular formula is C14H22BrClN2OS. The second kappa shape index (κ2) is 11.4. The van der Waals surface area contributed by atoms with Crippen LogP contribution in [0.25, 0.3) is 0 Å². The highest BCUT2D eigenvalue weighted by atomic mass is 79.9. The maximum atomic E-state index is 11.6. The topological polar surface area (TPSA) is 41.1 Å². The van der Waals surface area contributed by atoms with Crippen molar-refractivity contribution in [2.45, 2.75) is 29.9 Å². The van der Waals surface area contributed by atoms with Crippen molar-refractivity contribution in [1.82, 2.24) is 10.6 Å². The lowest BCUT2D eigenvalue weighted by atomic mass is 10.3. The molecule has 1 atom stereocenters. The predicted molar refractivity (Wildman–Crippen MR) is 92.9 cm³/mol. The molecule has 3 nitrogen and oxygen atoms in total. The van der Waals surface area contributed by atoms with Crippen molar-refractivity contribution in [3.63, 3.8) is 0 Å². The molecule has 0 aliphatic carbocycles. The summed E-state index contributed by atoms with van der Waals surface area (Å²) in [5, 5.41) is 6.38. The van der Waals surface area contributed by atoms with Gasteiger partial charge in [-0.1, -0.05) is 22.9 Å². The Balaban J connectivity index is 0.00000361. The van der Waals surface area contributed by atoms with Gasteiger partial charge in [-0.15, -0.1) is 24.2 Å². The van der Waals surface area contributed by atoms with Gasteiger partial charge in [0.05, 0.1) is 0 Å². The van der Waals surface area contributed by atoms with E-state index < -0.39 is 0 Å². The van der Waals surface area contributed by atoms with Crippen molar-refractivity contribution in [3.05, 3.63) is 28.7 Å². The zero-order chi connectivity index (χ0) is 14.1. The van der Waals surface area contributed by atoms with Crippen LogP contribution in [0.15, 0.2) is 33.6 Å². The molecular weight excluding hydrogens is 360 g/mol. The van der Waals surface area contributed by atoms with Crippen molar-refractivity contribution in [1.29, 1.82) is 0 Å². The number of nitrogens with one attached hydrogen (secondary N) is 2. The summed E-state index contributed by atoms with van der Waals surface area (Å²) in [7, 11) is 1.90. The normalized spacial score (nSPS) is 11.6. The minimum atomic E-state index is 0. The van der Waals surface area contributed by atoms with E-state index in [1.165, 1.54) is 4.90 Å². The predicted octanol–water partition coefficient (Wildman–Crippen LogP) is 3.47. The summed E-state index contributed by atoms with van der Waals surface area (Å²) in [5.74, 6) is 0.138. The van der Waals surface area contributed by atoms with Crippen LogP contribution in [0, 0.1) is 0 Å². The first-order valence-electron chi connectivity index (χ1n) is 6.45. The lowest BCUT2D eigenvalue weighted by molar-refractivity contribution is -0.121. The Hall–Kier alpha value is -0.230. The molecule has 0 bridgehead atoms. The first-order valence-corrected chi connectivity index (χ1v) is 8.12. The monoisotopic (exact) mass is 380 g/mol. The Bertz CT molecular complexity index is 389. The van der Waals surface area contributed by atoms with E-state index in [0.717, 1.165) is 17.4 Å². The Kier molecular flexibility index (Phi) is 11.3. The number of hydrogen-bond donors (Lipinski definition) is 2. The fourth-order valence-electron chi connectivity index (χ4n) is 1.56. The quantitative estimate of drug-likeness (QED) is 0.535. The van der Waals surface area contributed by atoms with E-state index in [4.69, 9.17) is 0 Å². The third-order valence-corrected chi connectivity index (χ3v) is 4.21. The van der Waals surface area contributed by atoms with Gasteiger partial charge >= 0.3 is 0 Å². The number of halogens is 2. The van der Waals surface area contributed by atoms with Gasteiger partial charge in [-0.25, -0.2) is 0 Å². The highest BCUT2D eigenvalue weighted by Gasteiger charge is 2.07. The highest BCUT2D eigenvalue weighted by Crippen LogP contribution is 2.24. The van der Waals surface area contributed by atoms with Crippen molar-refractivity contribution in [2.75, 3.05) is 20.1 Å². The largest absolute Gasteiger partial charge is 0.355 e. The van der Waals surface area contributed by atoms with Gasteiger partial charge in [0.15, 0.2) is 0 Å². The van der Waals surface area contributed by atoms with Crippen LogP contribution in [0.3, 0.4) is 0 Å². The summed E-state index contributed by atoms with van der Waals surface area (Å²) in [6, 6.07) is 8.23. The van der Waals surface area contributed by atoms with Gasteiger partial charge < -0.3 is 10.6 Å². The number of thioether (sulfide) groups is 1. The molecule has 0 spiro atoms. The molecule has 0 heterocycles. The van der Waals surface area contributed by atoms with Crippen molar-refractivity contribution in [2.24, 2.45) is 0 Å². The van der Waals surface area contributed by atoms with Crippen LogP contribution in [0.1, 0.15) is 19.8 Å². The molecule has 114 valence electrons. The van der Waals surface area contributed by atoms with Crippen LogP contribution in [0.4, 0.5) is 0 Å². The summed E-state index contributed by atoms with van der Waals surface area (Å²) in [4.78, 5) is 12.8. The molecule has 6 heteroatoms. The molecule has 0 saturated heterocycles. The maximum absolute atomic E-state index is 11.6. The van der Waals surface area contributed by atoms with E-state index in [1.807, 2.05) is 19.2 Å². The highest BCUT2D eigenvalue weighted by molar-refractivity contribution is 9.10. The van der Waals surface area contributed by atoms with Gasteiger partial charge in [0.1, 0.15) is 0 Å². The van der Waals surface area contributed by atoms with Gasteiger partial charge in [-0.2, -0.15) is 0 Å². The molecule has 1 amide bonds. The molecule has 1 unspecified atom stereocenters. The summed E-state index contributed by atoms with van der Waals surface area (Å²) in [5.41, 5.74) is 0. The second-order valence-electron chi connectivity index (χ2n) is 4.39. The first-order chi connectivity index (χ1) is 9.11. The minimum Gasteiger partial charge on any atom is -0.355 e. The molecule has 0 fully saturated rings. The van der Waals surface area contributed by atoms with Crippen LogP contribution >= 0.6 is 40.1 Å². The standard InChI is InChI=1S/C14H21BrN2OS.ClH/c1-11(10-17-14(18)4-3-9-16-2)19-13-7-5-12(15)6-8-13;/h5-8,11,16H,3-4,9-10H2,1-2H3,(H,17,18);1H. The van der Waals surface area contributed by atoms with Gasteiger partial charge in [-0.3, -0.25) is 4.79 Å². The van der Waals surface area contributed by atoms with Crippen LogP contribution in [-0.2, 0) is 4.79 Å². The van der Waals surface area contributed by atoms with E-state index in [0.29, 0.717) is 18.2 Å². The Labute approximate surface area is 140 Å². The zero-order valence-corrected chi connectivity index (χ0v) is 15.0. The summed E-state index contributed by atoms with van der Waals surface area (Å²) in [6.07, 6.45) is 1.48. The molecule has 2 N–H and O–H groups in total. The maximum Gasteiger partial charge on any atom is 0.220 e. The van der Waals surface area contributed by atoms with E-state index in [-0.39, 0.29) is 18.3 Å². The average molecular weight is 382 g/mol. The lowest BCUT2D eigenvalue weighted by Crippen LogP contribution is -2.29. The third-order valence-electron chi connectivity index (χ3n) is 2.57. The SMILES string of the molecule is CNCCCC(=O)NCC(C)Sc1ccc(Br)cc1.Cl. The van der Waals surface area contributed by atoms with Gasteiger partial charge in [-0.05, 0) is 44.3 Å². The number of amides is 1. The smallest absolute Gasteiger partial charge is 0.220 e. The molecule has 0 aliphatic heterocycles. The van der Waals surface area contributed by atoms with Crippen LogP contribution in [-0.4, -0.2) is 31.3 Å². The van der Waals surface area contributed by atoms with E-state index in [2.05, 4.69) is 45.6 Å². The van der Waals surface area contributed by atoms with Crippen molar-refractivity contribution in [3.8, 4) is 0 Å². The van der Waals surface area contributed by atoms with Crippen molar-refractivity contribution >= 4 is 46.0 Å². The average Bonchev–Trinajstić information content (AvgIpc) is 2.39. The first kappa shape index (κ1) is 19.8. The summed E-state index contributed by atoms with van der Waals surface area (Å²) < 4.78 is 1.09. The summed E-state index contributed by atoms with van der Waals surface area (Å²) in [6.45, 7) is 3.72. The molecule has 1 aromatic rings. The summed E-state index contributed by atoms with van der Waals surface area (Å²) >= 11 is 5.19. The Morgan fingerprint density at radius 2 is 2.00 bits per heavy atom. The van der Waals surface area contributed by atoms with Gasteiger partial charge in [0.2, 0.25) is 5.91 Å². The van der Waals surface area contributed by atoms with Gasteiger partial charge in [0.25, 0.3) is 0 Å². The van der Waals surface area contributed by atoms with Crippen LogP contribution in [0.5, 0.6) is 0 Å². The fourth-order valence-corrected chi connectivity index (χ4v) is 2.75. The van der Waals surface area contributed by atoms with Crippen LogP contribution < -0.4 is 10.6 Å². The number of hydrogen-bond acceptors (Lipinski definition) is 3. The number of benzene rings is 1. The van der Waals surface area contributed by atoms with E-state index in [1.54, 1.807) is 11.8 Å². The second-order valence-corrected chi connectivity index (χ2v) is 6.82. The third kappa shape index (κ3) is 8.84. The van der Waals surface area contributed by atoms with Crippen LogP contribution in [0.2, 0.25) is 0 Å². The van der Waals surface area contributed by atoms with Gasteiger partial charge in [0, 0.05) is 27.6 Å². The van der Waals surface area contributed by atoms with E-state index in [9.17, 15) is 4.79 Å². The Morgan fingerprint density at radius 1 is 1.35 bits per heavy atom. The Morgan fingerprint density at radius 3 is 2.60 bits per heavy atom. The lowest BCUT2D eigenvalue weighted by Gasteiger charge is -2.12. The fraction of sp³-hybridized carbons (Fsp3) is 0.500. The molecule has 0 radical (unpaired) electrons. The molecule has 20 heavy (non-hydrogen) atoms. The van der Waals surface area contributed by atoms with E-state index >= 15 is 0 Å². The molecule has 0 aliphatic rings. The number of carbonyl (C=O) groups excluding carboxylic acids is 1. The van der Waals surface area contributed by atoms with Crippen molar-refractivity contribution < 1.29 is 4.79 Å². The zero-order valence-electron chi connectivity index (χ0n) is 11.8. The molecule has 0 aromatic heterocycles. The molecule has 1 rings (SSSR count). The number of rotatable bonds is 8. The molecule has 0 saturated carbocycles. The minimum absolute atomic E-state index is 0.